The highest BCUT2D eigenvalue weighted by atomic mass is 16.5. The minimum absolute atomic E-state index is 0.188. The maximum absolute atomic E-state index is 12.5. The molecule has 172 valence electrons. The fourth-order valence-electron chi connectivity index (χ4n) is 4.11. The molecule has 1 atom stereocenters. The van der Waals surface area contributed by atoms with Gasteiger partial charge >= 0.3 is 11.9 Å². The highest BCUT2D eigenvalue weighted by Crippen LogP contribution is 2.25. The number of aryl methyl sites for hydroxylation is 1. The number of ketones is 1. The van der Waals surface area contributed by atoms with Crippen LogP contribution >= 0.6 is 0 Å². The lowest BCUT2D eigenvalue weighted by Crippen LogP contribution is -2.41. The molecule has 6 nitrogen and oxygen atoms in total. The second-order valence-electron chi connectivity index (χ2n) is 8.14. The largest absolute Gasteiger partial charge is 0.466 e. The Balaban J connectivity index is 1.90. The van der Waals surface area contributed by atoms with Crippen molar-refractivity contribution < 1.29 is 23.9 Å². The first kappa shape index (κ1) is 25.1. The van der Waals surface area contributed by atoms with E-state index in [-0.39, 0.29) is 17.9 Å². The van der Waals surface area contributed by atoms with E-state index in [1.165, 1.54) is 6.42 Å². The molecule has 0 radical (unpaired) electrons. The molecule has 0 saturated heterocycles. The maximum atomic E-state index is 12.5. The first-order valence-corrected chi connectivity index (χ1v) is 11.7. The second kappa shape index (κ2) is 14.0. The van der Waals surface area contributed by atoms with Crippen LogP contribution in [0.5, 0.6) is 0 Å². The van der Waals surface area contributed by atoms with E-state index in [0.29, 0.717) is 51.2 Å². The fourth-order valence-corrected chi connectivity index (χ4v) is 4.11. The average Bonchev–Trinajstić information content (AvgIpc) is 2.78. The smallest absolute Gasteiger partial charge is 0.323 e. The van der Waals surface area contributed by atoms with Crippen molar-refractivity contribution in [3.63, 3.8) is 0 Å². The maximum Gasteiger partial charge on any atom is 0.323 e. The zero-order chi connectivity index (χ0) is 22.5. The summed E-state index contributed by atoms with van der Waals surface area (Å²) in [5.74, 6) is -0.0189. The standard InChI is InChI=1S/C25H37NO5/c1-3-30-24(28)14-13-19-9-8-10-20(17-19)18-22(25(29)31-4-2)26-16-15-23(27)21-11-6-5-7-12-21/h8-10,17,21-22,26H,3-7,11-16,18H2,1-2H3. The Morgan fingerprint density at radius 1 is 1.00 bits per heavy atom. The van der Waals surface area contributed by atoms with Crippen LogP contribution in [0.15, 0.2) is 24.3 Å². The molecule has 1 unspecified atom stereocenters. The van der Waals surface area contributed by atoms with Gasteiger partial charge in [0, 0.05) is 25.3 Å². The monoisotopic (exact) mass is 431 g/mol. The van der Waals surface area contributed by atoms with Crippen molar-refractivity contribution in [3.05, 3.63) is 35.4 Å². The Morgan fingerprint density at radius 2 is 1.71 bits per heavy atom. The highest BCUT2D eigenvalue weighted by Gasteiger charge is 2.23. The van der Waals surface area contributed by atoms with Gasteiger partial charge in [-0.3, -0.25) is 14.4 Å². The predicted octanol–water partition coefficient (Wildman–Crippen LogP) is 3.79. The number of carbonyl (C=O) groups is 3. The molecular formula is C25H37NO5. The lowest BCUT2D eigenvalue weighted by molar-refractivity contribution is -0.146. The number of hydrogen-bond donors (Lipinski definition) is 1. The van der Waals surface area contributed by atoms with E-state index in [2.05, 4.69) is 5.32 Å². The zero-order valence-corrected chi connectivity index (χ0v) is 19.0. The van der Waals surface area contributed by atoms with E-state index in [1.54, 1.807) is 13.8 Å². The number of esters is 2. The normalized spacial score (nSPS) is 15.3. The third-order valence-corrected chi connectivity index (χ3v) is 5.75. The van der Waals surface area contributed by atoms with E-state index in [1.807, 2.05) is 24.3 Å². The van der Waals surface area contributed by atoms with Gasteiger partial charge in [-0.15, -0.1) is 0 Å². The SMILES string of the molecule is CCOC(=O)CCc1cccc(CC(NCCC(=O)C2CCCCC2)C(=O)OCC)c1. The van der Waals surface area contributed by atoms with Crippen LogP contribution in [0, 0.1) is 5.92 Å². The lowest BCUT2D eigenvalue weighted by Gasteiger charge is -2.21. The van der Waals surface area contributed by atoms with Crippen LogP contribution in [0.25, 0.3) is 0 Å². The highest BCUT2D eigenvalue weighted by molar-refractivity contribution is 5.81. The van der Waals surface area contributed by atoms with Crippen molar-refractivity contribution in [1.29, 1.82) is 0 Å². The fraction of sp³-hybridized carbons (Fsp3) is 0.640. The topological polar surface area (TPSA) is 81.7 Å². The van der Waals surface area contributed by atoms with Gasteiger partial charge in [0.1, 0.15) is 11.8 Å². The number of rotatable bonds is 13. The van der Waals surface area contributed by atoms with E-state index in [0.717, 1.165) is 36.8 Å². The van der Waals surface area contributed by atoms with Gasteiger partial charge in [-0.2, -0.15) is 0 Å². The molecule has 31 heavy (non-hydrogen) atoms. The Hall–Kier alpha value is -2.21. The van der Waals surface area contributed by atoms with Crippen molar-refractivity contribution in [1.82, 2.24) is 5.32 Å². The van der Waals surface area contributed by atoms with Crippen molar-refractivity contribution >= 4 is 17.7 Å². The summed E-state index contributed by atoms with van der Waals surface area (Å²) in [6.07, 6.45) is 7.36. The summed E-state index contributed by atoms with van der Waals surface area (Å²) in [7, 11) is 0. The molecule has 0 bridgehead atoms. The summed E-state index contributed by atoms with van der Waals surface area (Å²) < 4.78 is 10.2. The summed E-state index contributed by atoms with van der Waals surface area (Å²) in [6.45, 7) is 4.76. The molecule has 1 N–H and O–H groups in total. The first-order chi connectivity index (χ1) is 15.0. The van der Waals surface area contributed by atoms with Gasteiger partial charge in [-0.25, -0.2) is 0 Å². The summed E-state index contributed by atoms with van der Waals surface area (Å²) in [5.41, 5.74) is 2.02. The van der Waals surface area contributed by atoms with Gasteiger partial charge in [0.2, 0.25) is 0 Å². The quantitative estimate of drug-likeness (QED) is 0.479. The van der Waals surface area contributed by atoms with Gasteiger partial charge in [-0.1, -0.05) is 43.5 Å². The van der Waals surface area contributed by atoms with Gasteiger partial charge in [0.15, 0.2) is 0 Å². The molecule has 1 aliphatic carbocycles. The van der Waals surface area contributed by atoms with Crippen molar-refractivity contribution in [2.75, 3.05) is 19.8 Å². The van der Waals surface area contributed by atoms with Crippen molar-refractivity contribution in [2.24, 2.45) is 5.92 Å². The van der Waals surface area contributed by atoms with Crippen LogP contribution in [-0.2, 0) is 36.7 Å². The van der Waals surface area contributed by atoms with Gasteiger partial charge in [-0.05, 0) is 50.7 Å². The predicted molar refractivity (Wildman–Crippen MR) is 120 cm³/mol. The Bertz CT molecular complexity index is 712. The molecule has 1 aliphatic rings. The number of carbonyl (C=O) groups excluding carboxylic acids is 3. The van der Waals surface area contributed by atoms with Crippen LogP contribution in [0.3, 0.4) is 0 Å². The van der Waals surface area contributed by atoms with Crippen LogP contribution in [-0.4, -0.2) is 43.5 Å². The van der Waals surface area contributed by atoms with Crippen LogP contribution in [0.2, 0.25) is 0 Å². The minimum Gasteiger partial charge on any atom is -0.466 e. The molecule has 0 spiro atoms. The number of ether oxygens (including phenoxy) is 2. The summed E-state index contributed by atoms with van der Waals surface area (Å²) in [5, 5.41) is 3.24. The molecule has 0 heterocycles. The first-order valence-electron chi connectivity index (χ1n) is 11.7. The third kappa shape index (κ3) is 9.21. The molecular weight excluding hydrogens is 394 g/mol. The molecule has 0 aliphatic heterocycles. The van der Waals surface area contributed by atoms with Crippen molar-refractivity contribution in [3.8, 4) is 0 Å². The Morgan fingerprint density at radius 3 is 2.42 bits per heavy atom. The van der Waals surface area contributed by atoms with Gasteiger partial charge in [0.05, 0.1) is 13.2 Å². The molecule has 0 amide bonds. The van der Waals surface area contributed by atoms with E-state index in [9.17, 15) is 14.4 Å². The van der Waals surface area contributed by atoms with Gasteiger partial charge in [0.25, 0.3) is 0 Å². The molecule has 1 aromatic carbocycles. The van der Waals surface area contributed by atoms with Crippen molar-refractivity contribution in [2.45, 2.75) is 77.7 Å². The van der Waals surface area contributed by atoms with E-state index in [4.69, 9.17) is 9.47 Å². The molecule has 2 rings (SSSR count). The summed E-state index contributed by atoms with van der Waals surface area (Å²) in [6, 6.07) is 7.39. The zero-order valence-electron chi connectivity index (χ0n) is 19.0. The molecule has 1 aromatic rings. The Labute approximate surface area is 186 Å². The molecule has 1 saturated carbocycles. The summed E-state index contributed by atoms with van der Waals surface area (Å²) >= 11 is 0. The third-order valence-electron chi connectivity index (χ3n) is 5.75. The molecule has 6 heteroatoms. The Kier molecular flexibility index (Phi) is 11.3. The lowest BCUT2D eigenvalue weighted by atomic mass is 9.85. The van der Waals surface area contributed by atoms with Gasteiger partial charge < -0.3 is 14.8 Å². The number of benzene rings is 1. The average molecular weight is 432 g/mol. The number of hydrogen-bond acceptors (Lipinski definition) is 6. The van der Waals surface area contributed by atoms with E-state index >= 15 is 0 Å². The van der Waals surface area contributed by atoms with Crippen LogP contribution in [0.1, 0.15) is 69.9 Å². The molecule has 1 fully saturated rings. The second-order valence-corrected chi connectivity index (χ2v) is 8.14. The van der Waals surface area contributed by atoms with Crippen LogP contribution < -0.4 is 5.32 Å². The summed E-state index contributed by atoms with van der Waals surface area (Å²) in [4.78, 5) is 36.5. The minimum atomic E-state index is -0.501. The van der Waals surface area contributed by atoms with Crippen LogP contribution in [0.4, 0.5) is 0 Å². The molecule has 0 aromatic heterocycles. The van der Waals surface area contributed by atoms with E-state index < -0.39 is 6.04 Å². The number of nitrogens with one attached hydrogen (secondary N) is 1. The number of Topliss-reactive ketones (excluding diaryl/α,β-unsaturated/α-hetero) is 1.